The van der Waals surface area contributed by atoms with Crippen molar-refractivity contribution in [3.63, 3.8) is 0 Å². The molecule has 0 spiro atoms. The number of hydrogen-bond donors (Lipinski definition) is 2. The van der Waals surface area contributed by atoms with Crippen molar-refractivity contribution in [2.24, 2.45) is 0 Å². The molecule has 0 bridgehead atoms. The first kappa shape index (κ1) is 10.9. The van der Waals surface area contributed by atoms with Gasteiger partial charge in [-0.15, -0.1) is 0 Å². The Kier molecular flexibility index (Phi) is 2.58. The van der Waals surface area contributed by atoms with E-state index in [2.05, 4.69) is 25.4 Å². The lowest BCUT2D eigenvalue weighted by atomic mass is 10.4. The van der Waals surface area contributed by atoms with Gasteiger partial charge in [-0.05, 0) is 19.8 Å². The van der Waals surface area contributed by atoms with Crippen LogP contribution >= 0.6 is 0 Å². The van der Waals surface area contributed by atoms with Crippen molar-refractivity contribution in [1.29, 1.82) is 0 Å². The minimum absolute atomic E-state index is 0.432. The lowest BCUT2D eigenvalue weighted by Crippen LogP contribution is -2.06. The summed E-state index contributed by atoms with van der Waals surface area (Å²) in [5.74, 6) is 3.61. The third-order valence-electron chi connectivity index (χ3n) is 2.70. The van der Waals surface area contributed by atoms with Gasteiger partial charge in [-0.25, -0.2) is 9.97 Å². The molecule has 1 aliphatic rings. The molecule has 3 N–H and O–H groups in total. The Morgan fingerprint density at radius 2 is 2.22 bits per heavy atom. The molecule has 0 atom stereocenters. The fraction of sp³-hybridized carbons (Fsp3) is 0.455. The molecule has 7 nitrogen and oxygen atoms in total. The number of anilines is 2. The third kappa shape index (κ3) is 2.39. The zero-order valence-corrected chi connectivity index (χ0v) is 10.1. The molecule has 0 unspecified atom stereocenters. The van der Waals surface area contributed by atoms with E-state index in [0.29, 0.717) is 35.8 Å². The Morgan fingerprint density at radius 3 is 2.89 bits per heavy atom. The Balaban J connectivity index is 1.71. The van der Waals surface area contributed by atoms with Crippen LogP contribution < -0.4 is 11.1 Å². The first-order valence-corrected chi connectivity index (χ1v) is 5.88. The summed E-state index contributed by atoms with van der Waals surface area (Å²) in [6.45, 7) is 2.21. The molecule has 0 amide bonds. The van der Waals surface area contributed by atoms with Crippen LogP contribution in [-0.4, -0.2) is 20.1 Å². The minimum Gasteiger partial charge on any atom is -0.384 e. The first-order valence-electron chi connectivity index (χ1n) is 5.88. The highest BCUT2D eigenvalue weighted by Crippen LogP contribution is 2.38. The van der Waals surface area contributed by atoms with Crippen molar-refractivity contribution >= 4 is 11.6 Å². The van der Waals surface area contributed by atoms with Crippen molar-refractivity contribution in [3.05, 3.63) is 23.6 Å². The third-order valence-corrected chi connectivity index (χ3v) is 2.70. The van der Waals surface area contributed by atoms with Crippen molar-refractivity contribution in [3.8, 4) is 0 Å². The van der Waals surface area contributed by atoms with E-state index in [1.54, 1.807) is 13.0 Å². The van der Waals surface area contributed by atoms with Gasteiger partial charge in [-0.3, -0.25) is 0 Å². The van der Waals surface area contributed by atoms with Gasteiger partial charge in [0.1, 0.15) is 17.5 Å². The molecule has 0 saturated heterocycles. The second-order valence-electron chi connectivity index (χ2n) is 4.40. The number of rotatable bonds is 4. The molecule has 2 heterocycles. The van der Waals surface area contributed by atoms with Gasteiger partial charge in [-0.2, -0.15) is 4.98 Å². The predicted octanol–water partition coefficient (Wildman–Crippen LogP) is 1.24. The van der Waals surface area contributed by atoms with Crippen LogP contribution in [0.1, 0.15) is 36.3 Å². The monoisotopic (exact) mass is 246 g/mol. The summed E-state index contributed by atoms with van der Waals surface area (Å²) in [7, 11) is 0. The van der Waals surface area contributed by atoms with Gasteiger partial charge in [0.15, 0.2) is 5.82 Å². The largest absolute Gasteiger partial charge is 0.384 e. The SMILES string of the molecule is Cc1noc(CNc2cc(N)nc(C3CC3)n2)n1. The highest BCUT2D eigenvalue weighted by molar-refractivity contribution is 5.45. The number of nitrogen functional groups attached to an aromatic ring is 1. The van der Waals surface area contributed by atoms with Crippen molar-refractivity contribution in [1.82, 2.24) is 20.1 Å². The van der Waals surface area contributed by atoms with Crippen molar-refractivity contribution in [2.75, 3.05) is 11.1 Å². The molecule has 1 aliphatic carbocycles. The maximum Gasteiger partial charge on any atom is 0.245 e. The summed E-state index contributed by atoms with van der Waals surface area (Å²) in [6, 6.07) is 1.70. The normalized spacial score (nSPS) is 14.7. The molecular weight excluding hydrogens is 232 g/mol. The molecule has 3 rings (SSSR count). The zero-order chi connectivity index (χ0) is 12.5. The molecule has 7 heteroatoms. The number of nitrogens with one attached hydrogen (secondary N) is 1. The van der Waals surface area contributed by atoms with Crippen molar-refractivity contribution < 1.29 is 4.52 Å². The summed E-state index contributed by atoms with van der Waals surface area (Å²) >= 11 is 0. The Bertz CT molecular complexity index is 562. The lowest BCUT2D eigenvalue weighted by Gasteiger charge is -2.05. The van der Waals surface area contributed by atoms with Gasteiger partial charge in [0, 0.05) is 12.0 Å². The Morgan fingerprint density at radius 1 is 1.39 bits per heavy atom. The average Bonchev–Trinajstić information content (AvgIpc) is 3.10. The second kappa shape index (κ2) is 4.25. The molecule has 94 valence electrons. The smallest absolute Gasteiger partial charge is 0.245 e. The van der Waals surface area contributed by atoms with Gasteiger partial charge in [0.25, 0.3) is 0 Å². The van der Waals surface area contributed by atoms with E-state index in [1.807, 2.05) is 0 Å². The first-order chi connectivity index (χ1) is 8.70. The number of hydrogen-bond acceptors (Lipinski definition) is 7. The van der Waals surface area contributed by atoms with Crippen molar-refractivity contribution in [2.45, 2.75) is 32.2 Å². The number of aryl methyl sites for hydroxylation is 1. The van der Waals surface area contributed by atoms with Gasteiger partial charge < -0.3 is 15.6 Å². The summed E-state index contributed by atoms with van der Waals surface area (Å²) in [4.78, 5) is 12.8. The molecule has 2 aromatic rings. The van der Waals surface area contributed by atoms with Gasteiger partial charge in [0.05, 0.1) is 6.54 Å². The average molecular weight is 246 g/mol. The molecule has 1 fully saturated rings. The molecule has 0 aromatic carbocycles. The minimum atomic E-state index is 0.432. The maximum atomic E-state index is 5.76. The summed E-state index contributed by atoms with van der Waals surface area (Å²) in [5.41, 5.74) is 5.76. The highest BCUT2D eigenvalue weighted by Gasteiger charge is 2.27. The molecular formula is C11H14N6O. The van der Waals surface area contributed by atoms with Crippen LogP contribution in [0.25, 0.3) is 0 Å². The molecule has 1 saturated carbocycles. The topological polar surface area (TPSA) is 103 Å². The quantitative estimate of drug-likeness (QED) is 0.836. The van der Waals surface area contributed by atoms with E-state index in [1.165, 1.54) is 0 Å². The standard InChI is InChI=1S/C11H14N6O/c1-6-14-10(18-17-6)5-13-9-4-8(12)15-11(16-9)7-2-3-7/h4,7H,2-3,5H2,1H3,(H3,12,13,15,16). The fourth-order valence-corrected chi connectivity index (χ4v) is 1.68. The van der Waals surface area contributed by atoms with Gasteiger partial charge in [0.2, 0.25) is 5.89 Å². The second-order valence-corrected chi connectivity index (χ2v) is 4.40. The van der Waals surface area contributed by atoms with Crippen LogP contribution in [0.2, 0.25) is 0 Å². The van der Waals surface area contributed by atoms with Crippen LogP contribution in [0.15, 0.2) is 10.6 Å². The highest BCUT2D eigenvalue weighted by atomic mass is 16.5. The van der Waals surface area contributed by atoms with Crippen LogP contribution in [0.5, 0.6) is 0 Å². The van der Waals surface area contributed by atoms with Crippen LogP contribution in [-0.2, 0) is 6.54 Å². The van der Waals surface area contributed by atoms with Crippen LogP contribution in [0.3, 0.4) is 0 Å². The lowest BCUT2D eigenvalue weighted by molar-refractivity contribution is 0.379. The number of nitrogens with zero attached hydrogens (tertiary/aromatic N) is 4. The van der Waals surface area contributed by atoms with E-state index in [9.17, 15) is 0 Å². The molecule has 0 aliphatic heterocycles. The maximum absolute atomic E-state index is 5.76. The van der Waals surface area contributed by atoms with E-state index in [4.69, 9.17) is 10.3 Å². The van der Waals surface area contributed by atoms with Gasteiger partial charge >= 0.3 is 0 Å². The fourth-order valence-electron chi connectivity index (χ4n) is 1.68. The van der Waals surface area contributed by atoms with Gasteiger partial charge in [-0.1, -0.05) is 5.16 Å². The number of aromatic nitrogens is 4. The van der Waals surface area contributed by atoms with E-state index < -0.39 is 0 Å². The summed E-state index contributed by atoms with van der Waals surface area (Å²) in [6.07, 6.45) is 2.29. The zero-order valence-electron chi connectivity index (χ0n) is 10.1. The number of nitrogens with two attached hydrogens (primary N) is 1. The Labute approximate surface area is 104 Å². The molecule has 18 heavy (non-hydrogen) atoms. The van der Waals surface area contributed by atoms with Crippen LogP contribution in [0.4, 0.5) is 11.6 Å². The summed E-state index contributed by atoms with van der Waals surface area (Å²) in [5, 5.41) is 6.83. The molecule has 0 radical (unpaired) electrons. The predicted molar refractivity (Wildman–Crippen MR) is 64.8 cm³/mol. The molecule has 2 aromatic heterocycles. The Hall–Kier alpha value is -2.18. The van der Waals surface area contributed by atoms with Crippen LogP contribution in [0, 0.1) is 6.92 Å². The summed E-state index contributed by atoms with van der Waals surface area (Å²) < 4.78 is 5.01. The van der Waals surface area contributed by atoms with E-state index in [0.717, 1.165) is 18.7 Å². The van der Waals surface area contributed by atoms with E-state index >= 15 is 0 Å². The van der Waals surface area contributed by atoms with E-state index in [-0.39, 0.29) is 0 Å².